The van der Waals surface area contributed by atoms with Crippen LogP contribution in [0.2, 0.25) is 0 Å². The molecule has 14 heavy (non-hydrogen) atoms. The molecule has 2 rings (SSSR count). The molecule has 3 nitrogen and oxygen atoms in total. The van der Waals surface area contributed by atoms with Crippen molar-refractivity contribution in [3.05, 3.63) is 35.7 Å². The average molecular weight is 187 g/mol. The maximum Gasteiger partial charge on any atom is 0.180 e. The van der Waals surface area contributed by atoms with E-state index in [1.807, 2.05) is 0 Å². The fraction of sp³-hybridized carbons (Fsp3) is 0.273. The first-order valence-electron chi connectivity index (χ1n) is 4.77. The molecule has 0 saturated heterocycles. The summed E-state index contributed by atoms with van der Waals surface area (Å²) in [6, 6.07) is 6.33. The van der Waals surface area contributed by atoms with Gasteiger partial charge in [0.15, 0.2) is 5.82 Å². The first-order valence-corrected chi connectivity index (χ1v) is 4.77. The van der Waals surface area contributed by atoms with E-state index >= 15 is 0 Å². The fourth-order valence-corrected chi connectivity index (χ4v) is 1.58. The van der Waals surface area contributed by atoms with Crippen molar-refractivity contribution in [1.29, 1.82) is 0 Å². The predicted octanol–water partition coefficient (Wildman–Crippen LogP) is 2.34. The predicted molar refractivity (Wildman–Crippen MR) is 55.9 cm³/mol. The standard InChI is InChI=1S/C11H13N3/c1-3-9-4-5-10(6-8(9)2)11-12-7-13-14-11/h4-7H,3H2,1-2H3,(H,12,13,14). The summed E-state index contributed by atoms with van der Waals surface area (Å²) >= 11 is 0. The molecular weight excluding hydrogens is 174 g/mol. The molecule has 0 amide bonds. The summed E-state index contributed by atoms with van der Waals surface area (Å²) in [6.45, 7) is 4.28. The molecule has 0 aliphatic rings. The van der Waals surface area contributed by atoms with Crippen molar-refractivity contribution in [2.45, 2.75) is 20.3 Å². The molecule has 0 radical (unpaired) electrons. The molecule has 0 spiro atoms. The molecule has 2 aromatic rings. The lowest BCUT2D eigenvalue weighted by molar-refractivity contribution is 1.09. The highest BCUT2D eigenvalue weighted by Gasteiger charge is 2.03. The highest BCUT2D eigenvalue weighted by molar-refractivity contribution is 5.56. The molecule has 1 aromatic heterocycles. The van der Waals surface area contributed by atoms with Crippen LogP contribution in [0.15, 0.2) is 24.5 Å². The summed E-state index contributed by atoms with van der Waals surface area (Å²) in [7, 11) is 0. The summed E-state index contributed by atoms with van der Waals surface area (Å²) in [4.78, 5) is 4.12. The summed E-state index contributed by atoms with van der Waals surface area (Å²) < 4.78 is 0. The quantitative estimate of drug-likeness (QED) is 0.784. The van der Waals surface area contributed by atoms with Crippen LogP contribution in [0.4, 0.5) is 0 Å². The maximum atomic E-state index is 4.12. The fourth-order valence-electron chi connectivity index (χ4n) is 1.58. The first kappa shape index (κ1) is 8.94. The van der Waals surface area contributed by atoms with Gasteiger partial charge in [0.25, 0.3) is 0 Å². The number of nitrogens with zero attached hydrogens (tertiary/aromatic N) is 2. The van der Waals surface area contributed by atoms with Gasteiger partial charge < -0.3 is 0 Å². The van der Waals surface area contributed by atoms with Crippen LogP contribution < -0.4 is 0 Å². The van der Waals surface area contributed by atoms with Crippen LogP contribution in [-0.4, -0.2) is 15.2 Å². The van der Waals surface area contributed by atoms with Gasteiger partial charge in [-0.25, -0.2) is 4.98 Å². The van der Waals surface area contributed by atoms with Crippen molar-refractivity contribution in [3.63, 3.8) is 0 Å². The van der Waals surface area contributed by atoms with Crippen LogP contribution >= 0.6 is 0 Å². The third kappa shape index (κ3) is 1.53. The smallest absolute Gasteiger partial charge is 0.180 e. The van der Waals surface area contributed by atoms with Crippen molar-refractivity contribution < 1.29 is 0 Å². The zero-order valence-electron chi connectivity index (χ0n) is 8.41. The Morgan fingerprint density at radius 1 is 1.36 bits per heavy atom. The highest BCUT2D eigenvalue weighted by atomic mass is 15.2. The van der Waals surface area contributed by atoms with Gasteiger partial charge in [0.05, 0.1) is 0 Å². The van der Waals surface area contributed by atoms with Crippen molar-refractivity contribution in [2.75, 3.05) is 0 Å². The zero-order valence-corrected chi connectivity index (χ0v) is 8.41. The maximum absolute atomic E-state index is 4.12. The Morgan fingerprint density at radius 3 is 2.79 bits per heavy atom. The van der Waals surface area contributed by atoms with Crippen molar-refractivity contribution in [3.8, 4) is 11.4 Å². The number of nitrogens with one attached hydrogen (secondary N) is 1. The van der Waals surface area contributed by atoms with E-state index in [9.17, 15) is 0 Å². The second kappa shape index (κ2) is 3.62. The summed E-state index contributed by atoms with van der Waals surface area (Å²) in [5.41, 5.74) is 3.75. The number of aromatic amines is 1. The van der Waals surface area contributed by atoms with Crippen LogP contribution in [0, 0.1) is 6.92 Å². The molecule has 0 bridgehead atoms. The van der Waals surface area contributed by atoms with Gasteiger partial charge in [-0.15, -0.1) is 0 Å². The van der Waals surface area contributed by atoms with Crippen LogP contribution in [-0.2, 0) is 6.42 Å². The van der Waals surface area contributed by atoms with Gasteiger partial charge in [-0.05, 0) is 30.5 Å². The third-order valence-corrected chi connectivity index (χ3v) is 2.40. The topological polar surface area (TPSA) is 41.6 Å². The third-order valence-electron chi connectivity index (χ3n) is 2.40. The van der Waals surface area contributed by atoms with Gasteiger partial charge in [0, 0.05) is 5.56 Å². The van der Waals surface area contributed by atoms with Crippen molar-refractivity contribution in [1.82, 2.24) is 15.2 Å². The van der Waals surface area contributed by atoms with E-state index < -0.39 is 0 Å². The van der Waals surface area contributed by atoms with Gasteiger partial charge in [-0.1, -0.05) is 19.1 Å². The highest BCUT2D eigenvalue weighted by Crippen LogP contribution is 2.18. The summed E-state index contributed by atoms with van der Waals surface area (Å²) in [5.74, 6) is 0.760. The molecule has 3 heteroatoms. The Bertz CT molecular complexity index is 418. The second-order valence-corrected chi connectivity index (χ2v) is 3.32. The largest absolute Gasteiger partial charge is 0.265 e. The number of aryl methyl sites for hydroxylation is 2. The number of rotatable bonds is 2. The van der Waals surface area contributed by atoms with Gasteiger partial charge in [0.1, 0.15) is 6.33 Å². The van der Waals surface area contributed by atoms with E-state index in [1.165, 1.54) is 11.1 Å². The van der Waals surface area contributed by atoms with Crippen LogP contribution in [0.25, 0.3) is 11.4 Å². The zero-order chi connectivity index (χ0) is 9.97. The average Bonchev–Trinajstić information content (AvgIpc) is 2.70. The lowest BCUT2D eigenvalue weighted by Crippen LogP contribution is -1.88. The van der Waals surface area contributed by atoms with Gasteiger partial charge in [-0.3, -0.25) is 5.10 Å². The molecular formula is C11H13N3. The number of aromatic nitrogens is 3. The van der Waals surface area contributed by atoms with Crippen molar-refractivity contribution >= 4 is 0 Å². The number of H-pyrrole nitrogens is 1. The van der Waals surface area contributed by atoms with E-state index in [2.05, 4.69) is 47.2 Å². The molecule has 1 N–H and O–H groups in total. The van der Waals surface area contributed by atoms with E-state index in [0.717, 1.165) is 17.8 Å². The Balaban J connectivity index is 2.43. The minimum atomic E-state index is 0.760. The van der Waals surface area contributed by atoms with Crippen LogP contribution in [0.5, 0.6) is 0 Å². The van der Waals surface area contributed by atoms with Gasteiger partial charge in [-0.2, -0.15) is 5.10 Å². The van der Waals surface area contributed by atoms with Gasteiger partial charge in [0.2, 0.25) is 0 Å². The minimum absolute atomic E-state index is 0.760. The van der Waals surface area contributed by atoms with Gasteiger partial charge >= 0.3 is 0 Å². The lowest BCUT2D eigenvalue weighted by Gasteiger charge is -2.03. The molecule has 0 atom stereocenters. The number of hydrogen-bond donors (Lipinski definition) is 1. The Hall–Kier alpha value is -1.64. The molecule has 1 aromatic carbocycles. The first-order chi connectivity index (χ1) is 6.81. The molecule has 0 saturated carbocycles. The SMILES string of the molecule is CCc1ccc(-c2nc[nH]n2)cc1C. The molecule has 0 fully saturated rings. The molecule has 1 heterocycles. The van der Waals surface area contributed by atoms with E-state index in [0.29, 0.717) is 0 Å². The summed E-state index contributed by atoms with van der Waals surface area (Å²) in [5, 5.41) is 6.76. The number of benzene rings is 1. The molecule has 72 valence electrons. The van der Waals surface area contributed by atoms with Crippen LogP contribution in [0.3, 0.4) is 0 Å². The normalized spacial score (nSPS) is 10.4. The Morgan fingerprint density at radius 2 is 2.21 bits per heavy atom. The van der Waals surface area contributed by atoms with E-state index in [4.69, 9.17) is 0 Å². The second-order valence-electron chi connectivity index (χ2n) is 3.32. The number of hydrogen-bond acceptors (Lipinski definition) is 2. The molecule has 0 aliphatic carbocycles. The Kier molecular flexibility index (Phi) is 2.31. The lowest BCUT2D eigenvalue weighted by atomic mass is 10.0. The monoisotopic (exact) mass is 187 g/mol. The minimum Gasteiger partial charge on any atom is -0.265 e. The molecule has 0 aliphatic heterocycles. The summed E-state index contributed by atoms with van der Waals surface area (Å²) in [6.07, 6.45) is 2.67. The molecule has 0 unspecified atom stereocenters. The van der Waals surface area contributed by atoms with Crippen molar-refractivity contribution in [2.24, 2.45) is 0 Å². The van der Waals surface area contributed by atoms with E-state index in [-0.39, 0.29) is 0 Å². The van der Waals surface area contributed by atoms with E-state index in [1.54, 1.807) is 6.33 Å². The Labute approximate surface area is 83.2 Å². The van der Waals surface area contributed by atoms with Crippen LogP contribution in [0.1, 0.15) is 18.1 Å².